The third-order valence-corrected chi connectivity index (χ3v) is 5.25. The van der Waals surface area contributed by atoms with Gasteiger partial charge in [-0.15, -0.1) is 12.4 Å². The molecule has 1 saturated heterocycles. The molecule has 1 aromatic carbocycles. The van der Waals surface area contributed by atoms with E-state index in [2.05, 4.69) is 53.8 Å². The highest BCUT2D eigenvalue weighted by atomic mass is 35.5. The van der Waals surface area contributed by atoms with Crippen molar-refractivity contribution >= 4 is 18.3 Å². The molecule has 0 radical (unpaired) electrons. The number of hydrogen-bond acceptors (Lipinski definition) is 3. The maximum atomic E-state index is 13.2. The van der Waals surface area contributed by atoms with Gasteiger partial charge in [0.05, 0.1) is 6.04 Å². The van der Waals surface area contributed by atoms with Gasteiger partial charge in [-0.1, -0.05) is 38.1 Å². The fraction of sp³-hybridized carbons (Fsp3) is 0.500. The van der Waals surface area contributed by atoms with Gasteiger partial charge in [0.1, 0.15) is 5.54 Å². The average molecular weight is 377 g/mol. The zero-order valence-electron chi connectivity index (χ0n) is 15.7. The summed E-state index contributed by atoms with van der Waals surface area (Å²) in [4.78, 5) is 13.2. The van der Waals surface area contributed by atoms with Crippen LogP contribution >= 0.6 is 12.4 Å². The monoisotopic (exact) mass is 376 g/mol. The number of rotatable bonds is 5. The molecule has 0 spiro atoms. The largest absolute Gasteiger partial charge is 0.347 e. The molecule has 2 heterocycles. The summed E-state index contributed by atoms with van der Waals surface area (Å²) < 4.78 is 1.83. The minimum Gasteiger partial charge on any atom is -0.347 e. The van der Waals surface area contributed by atoms with Crippen LogP contribution in [0, 0.1) is 0 Å². The topological polar surface area (TPSA) is 59.0 Å². The van der Waals surface area contributed by atoms with Crippen LogP contribution in [0.2, 0.25) is 0 Å². The van der Waals surface area contributed by atoms with E-state index in [1.54, 1.807) is 6.20 Å². The molecule has 5 nitrogen and oxygen atoms in total. The molecule has 0 bridgehead atoms. The van der Waals surface area contributed by atoms with E-state index in [-0.39, 0.29) is 24.4 Å². The lowest BCUT2D eigenvalue weighted by Crippen LogP contribution is -2.55. The zero-order valence-corrected chi connectivity index (χ0v) is 16.6. The first kappa shape index (κ1) is 20.5. The van der Waals surface area contributed by atoms with Crippen molar-refractivity contribution < 1.29 is 4.79 Å². The molecule has 2 N–H and O–H groups in total. The van der Waals surface area contributed by atoms with Gasteiger partial charge < -0.3 is 10.6 Å². The lowest BCUT2D eigenvalue weighted by Gasteiger charge is -2.37. The third-order valence-electron chi connectivity index (χ3n) is 5.25. The first-order valence-corrected chi connectivity index (χ1v) is 9.14. The predicted octanol–water partition coefficient (Wildman–Crippen LogP) is 3.38. The summed E-state index contributed by atoms with van der Waals surface area (Å²) in [6.45, 7) is 8.06. The minimum atomic E-state index is -0.596. The number of amides is 1. The normalized spacial score (nSPS) is 17.4. The summed E-state index contributed by atoms with van der Waals surface area (Å²) in [5.74, 6) is 0.565. The van der Waals surface area contributed by atoms with Crippen molar-refractivity contribution in [3.05, 3.63) is 53.9 Å². The van der Waals surface area contributed by atoms with Gasteiger partial charge in [0.15, 0.2) is 0 Å². The van der Waals surface area contributed by atoms with Crippen molar-refractivity contribution in [3.63, 3.8) is 0 Å². The van der Waals surface area contributed by atoms with Gasteiger partial charge in [-0.3, -0.25) is 9.48 Å². The zero-order chi connectivity index (χ0) is 17.9. The van der Waals surface area contributed by atoms with Crippen molar-refractivity contribution in [2.45, 2.75) is 51.1 Å². The molecule has 1 aliphatic rings. The van der Waals surface area contributed by atoms with E-state index in [9.17, 15) is 4.79 Å². The average Bonchev–Trinajstić information content (AvgIpc) is 3.17. The van der Waals surface area contributed by atoms with Crippen LogP contribution in [0.15, 0.2) is 42.7 Å². The van der Waals surface area contributed by atoms with Crippen LogP contribution in [-0.2, 0) is 10.3 Å². The van der Waals surface area contributed by atoms with Gasteiger partial charge in [0.2, 0.25) is 5.91 Å². The highest BCUT2D eigenvalue weighted by Gasteiger charge is 2.42. The molecule has 1 aromatic heterocycles. The summed E-state index contributed by atoms with van der Waals surface area (Å²) in [5, 5.41) is 10.9. The van der Waals surface area contributed by atoms with Crippen LogP contribution in [0.3, 0.4) is 0 Å². The van der Waals surface area contributed by atoms with Gasteiger partial charge in [0, 0.05) is 12.4 Å². The number of carbonyl (C=O) groups is 1. The number of benzene rings is 1. The Morgan fingerprint density at radius 3 is 2.31 bits per heavy atom. The van der Waals surface area contributed by atoms with Crippen molar-refractivity contribution in [1.82, 2.24) is 20.4 Å². The van der Waals surface area contributed by atoms with Crippen molar-refractivity contribution in [2.75, 3.05) is 13.1 Å². The SMILES string of the molecule is CC(C)c1ccc(C(C)NC(=O)C2(n3cccn3)CCNCC2)cc1.Cl. The summed E-state index contributed by atoms with van der Waals surface area (Å²) >= 11 is 0. The second-order valence-corrected chi connectivity index (χ2v) is 7.25. The van der Waals surface area contributed by atoms with Crippen LogP contribution < -0.4 is 10.6 Å². The van der Waals surface area contributed by atoms with E-state index < -0.39 is 5.54 Å². The standard InChI is InChI=1S/C20H28N4O.ClH/c1-15(2)17-5-7-18(8-6-17)16(3)23-19(25)20(9-12-21-13-10-20)24-14-4-11-22-24;/h4-8,11,14-16,21H,9-10,12-13H2,1-3H3,(H,23,25);1H. The fourth-order valence-electron chi connectivity index (χ4n) is 3.51. The summed E-state index contributed by atoms with van der Waals surface area (Å²) in [6, 6.07) is 10.4. The van der Waals surface area contributed by atoms with E-state index in [0.29, 0.717) is 5.92 Å². The molecule has 3 rings (SSSR count). The molecule has 1 atom stereocenters. The van der Waals surface area contributed by atoms with Gasteiger partial charge in [0.25, 0.3) is 0 Å². The molecule has 6 heteroatoms. The van der Waals surface area contributed by atoms with Gasteiger partial charge >= 0.3 is 0 Å². The number of carbonyl (C=O) groups excluding carboxylic acids is 1. The second kappa shape index (κ2) is 8.69. The molecule has 26 heavy (non-hydrogen) atoms. The van der Waals surface area contributed by atoms with Gasteiger partial charge in [-0.2, -0.15) is 5.10 Å². The van der Waals surface area contributed by atoms with E-state index in [4.69, 9.17) is 0 Å². The quantitative estimate of drug-likeness (QED) is 0.840. The number of piperidine rings is 1. The highest BCUT2D eigenvalue weighted by Crippen LogP contribution is 2.28. The van der Waals surface area contributed by atoms with Crippen LogP contribution in [0.1, 0.15) is 56.7 Å². The molecule has 1 amide bonds. The van der Waals surface area contributed by atoms with Crippen LogP contribution in [0.25, 0.3) is 0 Å². The first-order valence-electron chi connectivity index (χ1n) is 9.14. The molecule has 0 aliphatic carbocycles. The van der Waals surface area contributed by atoms with Gasteiger partial charge in [-0.25, -0.2) is 0 Å². The van der Waals surface area contributed by atoms with Crippen molar-refractivity contribution in [1.29, 1.82) is 0 Å². The minimum absolute atomic E-state index is 0. The first-order chi connectivity index (χ1) is 12.0. The lowest BCUT2D eigenvalue weighted by atomic mass is 9.87. The second-order valence-electron chi connectivity index (χ2n) is 7.25. The van der Waals surface area contributed by atoms with Crippen molar-refractivity contribution in [2.24, 2.45) is 0 Å². The Labute approximate surface area is 162 Å². The molecule has 142 valence electrons. The van der Waals surface area contributed by atoms with Gasteiger partial charge in [-0.05, 0) is 56.0 Å². The molecule has 0 saturated carbocycles. The number of hydrogen-bond donors (Lipinski definition) is 2. The van der Waals surface area contributed by atoms with Crippen molar-refractivity contribution in [3.8, 4) is 0 Å². The molecule has 1 fully saturated rings. The Morgan fingerprint density at radius 1 is 1.15 bits per heavy atom. The Kier molecular flexibility index (Phi) is 6.84. The number of aromatic nitrogens is 2. The van der Waals surface area contributed by atoms with E-state index in [1.807, 2.05) is 23.9 Å². The molecule has 1 unspecified atom stereocenters. The van der Waals surface area contributed by atoms with Crippen LogP contribution in [0.4, 0.5) is 0 Å². The smallest absolute Gasteiger partial charge is 0.248 e. The van der Waals surface area contributed by atoms with E-state index in [0.717, 1.165) is 31.5 Å². The van der Waals surface area contributed by atoms with E-state index in [1.165, 1.54) is 5.56 Å². The summed E-state index contributed by atoms with van der Waals surface area (Å²) in [6.07, 6.45) is 5.14. The molecule has 2 aromatic rings. The van der Waals surface area contributed by atoms with Crippen LogP contribution in [-0.4, -0.2) is 28.8 Å². The lowest BCUT2D eigenvalue weighted by molar-refractivity contribution is -0.132. The Balaban J connectivity index is 0.00000243. The predicted molar refractivity (Wildman–Crippen MR) is 107 cm³/mol. The van der Waals surface area contributed by atoms with E-state index >= 15 is 0 Å². The molecule has 1 aliphatic heterocycles. The highest BCUT2D eigenvalue weighted by molar-refractivity contribution is 5.85. The Hall–Kier alpha value is -1.85. The maximum Gasteiger partial charge on any atom is 0.248 e. The fourth-order valence-corrected chi connectivity index (χ4v) is 3.51. The third kappa shape index (κ3) is 4.10. The molecular weight excluding hydrogens is 348 g/mol. The Morgan fingerprint density at radius 2 is 1.77 bits per heavy atom. The number of nitrogens with zero attached hydrogens (tertiary/aromatic N) is 2. The number of nitrogens with one attached hydrogen (secondary N) is 2. The maximum absolute atomic E-state index is 13.2. The molecular formula is C20H29ClN4O. The Bertz CT molecular complexity index is 691. The van der Waals surface area contributed by atoms with Crippen LogP contribution in [0.5, 0.6) is 0 Å². The number of halogens is 1. The summed E-state index contributed by atoms with van der Waals surface area (Å²) in [5.41, 5.74) is 1.84. The summed E-state index contributed by atoms with van der Waals surface area (Å²) in [7, 11) is 0.